The van der Waals surface area contributed by atoms with Gasteiger partial charge in [-0.2, -0.15) is 0 Å². The summed E-state index contributed by atoms with van der Waals surface area (Å²) < 4.78 is 22.8. The lowest BCUT2D eigenvalue weighted by Crippen LogP contribution is -2.04. The lowest BCUT2D eigenvalue weighted by molar-refractivity contribution is 0.0618. The molecule has 0 aliphatic carbocycles. The maximum atomic E-state index is 12.8. The van der Waals surface area contributed by atoms with E-state index in [0.717, 1.165) is 0 Å². The number of anilines is 1. The molecule has 4 heteroatoms. The van der Waals surface area contributed by atoms with Crippen molar-refractivity contribution in [3.8, 4) is 0 Å². The van der Waals surface area contributed by atoms with Gasteiger partial charge in [0.05, 0.1) is 19.8 Å². The van der Waals surface area contributed by atoms with Crippen molar-refractivity contribution in [1.82, 2.24) is 0 Å². The van der Waals surface area contributed by atoms with Gasteiger partial charge in [-0.05, 0) is 18.2 Å². The summed E-state index contributed by atoms with van der Waals surface area (Å²) >= 11 is 0. The Labute approximate surface area is 82.6 Å². The smallest absolute Gasteiger partial charge is 0.123 e. The van der Waals surface area contributed by atoms with Crippen LogP contribution in [-0.2, 0) is 16.1 Å². The van der Waals surface area contributed by atoms with E-state index in [4.69, 9.17) is 15.2 Å². The van der Waals surface area contributed by atoms with Crippen molar-refractivity contribution in [2.24, 2.45) is 0 Å². The molecule has 0 aromatic heterocycles. The van der Waals surface area contributed by atoms with E-state index < -0.39 is 0 Å². The van der Waals surface area contributed by atoms with E-state index >= 15 is 0 Å². The second-order valence-electron chi connectivity index (χ2n) is 2.89. The third-order valence-electron chi connectivity index (χ3n) is 1.79. The van der Waals surface area contributed by atoms with Gasteiger partial charge >= 0.3 is 0 Å². The Morgan fingerprint density at radius 1 is 1.36 bits per heavy atom. The molecular formula is C10H14FNO2. The van der Waals surface area contributed by atoms with Crippen molar-refractivity contribution in [3.05, 3.63) is 29.6 Å². The van der Waals surface area contributed by atoms with Crippen molar-refractivity contribution in [1.29, 1.82) is 0 Å². The molecule has 0 amide bonds. The van der Waals surface area contributed by atoms with Crippen LogP contribution in [0.2, 0.25) is 0 Å². The molecule has 0 saturated carbocycles. The average Bonchev–Trinajstić information content (AvgIpc) is 2.18. The fourth-order valence-corrected chi connectivity index (χ4v) is 1.02. The minimum atomic E-state index is -0.301. The van der Waals surface area contributed by atoms with Gasteiger partial charge in [0.25, 0.3) is 0 Å². The highest BCUT2D eigenvalue weighted by Gasteiger charge is 2.00. The SMILES string of the molecule is COCCOCc1cc(F)ccc1N. The molecule has 0 atom stereocenters. The second-order valence-corrected chi connectivity index (χ2v) is 2.89. The Bertz CT molecular complexity index is 291. The van der Waals surface area contributed by atoms with Gasteiger partial charge in [0.2, 0.25) is 0 Å². The minimum Gasteiger partial charge on any atom is -0.398 e. The number of hydrogen-bond donors (Lipinski definition) is 1. The van der Waals surface area contributed by atoms with Gasteiger partial charge in [0.1, 0.15) is 5.82 Å². The molecule has 0 spiro atoms. The quantitative estimate of drug-likeness (QED) is 0.578. The van der Waals surface area contributed by atoms with Gasteiger partial charge in [0.15, 0.2) is 0 Å². The second kappa shape index (κ2) is 5.57. The van der Waals surface area contributed by atoms with Crippen LogP contribution in [0.1, 0.15) is 5.56 Å². The summed E-state index contributed by atoms with van der Waals surface area (Å²) in [7, 11) is 1.60. The summed E-state index contributed by atoms with van der Waals surface area (Å²) in [4.78, 5) is 0. The minimum absolute atomic E-state index is 0.301. The zero-order chi connectivity index (χ0) is 10.4. The Hall–Kier alpha value is -1.13. The van der Waals surface area contributed by atoms with E-state index in [1.165, 1.54) is 18.2 Å². The summed E-state index contributed by atoms with van der Waals surface area (Å²) in [5, 5.41) is 0. The maximum absolute atomic E-state index is 12.8. The van der Waals surface area contributed by atoms with Gasteiger partial charge < -0.3 is 15.2 Å². The van der Waals surface area contributed by atoms with Crippen molar-refractivity contribution >= 4 is 5.69 Å². The highest BCUT2D eigenvalue weighted by atomic mass is 19.1. The van der Waals surface area contributed by atoms with Crippen LogP contribution in [0.4, 0.5) is 10.1 Å². The van der Waals surface area contributed by atoms with Gasteiger partial charge in [-0.3, -0.25) is 0 Å². The molecular weight excluding hydrogens is 185 g/mol. The van der Waals surface area contributed by atoms with Crippen LogP contribution < -0.4 is 5.73 Å². The number of ether oxygens (including phenoxy) is 2. The predicted molar refractivity (Wildman–Crippen MR) is 52.3 cm³/mol. The summed E-state index contributed by atoms with van der Waals surface area (Å²) in [6, 6.07) is 4.24. The van der Waals surface area contributed by atoms with Crippen LogP contribution >= 0.6 is 0 Å². The number of nitrogens with two attached hydrogens (primary N) is 1. The third-order valence-corrected chi connectivity index (χ3v) is 1.79. The zero-order valence-electron chi connectivity index (χ0n) is 8.13. The molecule has 14 heavy (non-hydrogen) atoms. The Kier molecular flexibility index (Phi) is 4.35. The number of methoxy groups -OCH3 is 1. The van der Waals surface area contributed by atoms with E-state index in [0.29, 0.717) is 31.1 Å². The maximum Gasteiger partial charge on any atom is 0.123 e. The predicted octanol–water partition coefficient (Wildman–Crippen LogP) is 1.57. The third kappa shape index (κ3) is 3.32. The Morgan fingerprint density at radius 2 is 2.14 bits per heavy atom. The van der Waals surface area contributed by atoms with Gasteiger partial charge in [-0.15, -0.1) is 0 Å². The number of nitrogen functional groups attached to an aromatic ring is 1. The monoisotopic (exact) mass is 199 g/mol. The van der Waals surface area contributed by atoms with Crippen LogP contribution in [0, 0.1) is 5.82 Å². The zero-order valence-corrected chi connectivity index (χ0v) is 8.13. The van der Waals surface area contributed by atoms with Gasteiger partial charge in [-0.1, -0.05) is 0 Å². The first-order chi connectivity index (χ1) is 6.74. The molecule has 0 aliphatic rings. The molecule has 1 aromatic carbocycles. The molecule has 0 radical (unpaired) electrons. The highest BCUT2D eigenvalue weighted by Crippen LogP contribution is 2.14. The van der Waals surface area contributed by atoms with Gasteiger partial charge in [0, 0.05) is 18.4 Å². The first-order valence-corrected chi connectivity index (χ1v) is 4.34. The van der Waals surface area contributed by atoms with E-state index in [9.17, 15) is 4.39 Å². The molecule has 78 valence electrons. The lowest BCUT2D eigenvalue weighted by Gasteiger charge is -2.06. The highest BCUT2D eigenvalue weighted by molar-refractivity contribution is 5.46. The van der Waals surface area contributed by atoms with Crippen LogP contribution in [0.15, 0.2) is 18.2 Å². The van der Waals surface area contributed by atoms with Crippen molar-refractivity contribution in [2.45, 2.75) is 6.61 Å². The van der Waals surface area contributed by atoms with Crippen molar-refractivity contribution < 1.29 is 13.9 Å². The van der Waals surface area contributed by atoms with E-state index in [1.807, 2.05) is 0 Å². The van der Waals surface area contributed by atoms with E-state index in [-0.39, 0.29) is 5.82 Å². The molecule has 0 aliphatic heterocycles. The van der Waals surface area contributed by atoms with Gasteiger partial charge in [-0.25, -0.2) is 4.39 Å². The van der Waals surface area contributed by atoms with Crippen molar-refractivity contribution in [2.75, 3.05) is 26.1 Å². The van der Waals surface area contributed by atoms with Crippen LogP contribution in [-0.4, -0.2) is 20.3 Å². The molecule has 0 bridgehead atoms. The first kappa shape index (κ1) is 10.9. The fourth-order valence-electron chi connectivity index (χ4n) is 1.02. The molecule has 0 fully saturated rings. The Balaban J connectivity index is 2.45. The van der Waals surface area contributed by atoms with Crippen LogP contribution in [0.5, 0.6) is 0 Å². The molecule has 3 nitrogen and oxygen atoms in total. The topological polar surface area (TPSA) is 44.5 Å². The molecule has 1 rings (SSSR count). The summed E-state index contributed by atoms with van der Waals surface area (Å²) in [5.41, 5.74) is 6.84. The summed E-state index contributed by atoms with van der Waals surface area (Å²) in [5.74, 6) is -0.301. The number of benzene rings is 1. The number of hydrogen-bond acceptors (Lipinski definition) is 3. The normalized spacial score (nSPS) is 10.4. The van der Waals surface area contributed by atoms with E-state index in [2.05, 4.69) is 0 Å². The largest absolute Gasteiger partial charge is 0.398 e. The molecule has 0 saturated heterocycles. The molecule has 0 unspecified atom stereocenters. The number of halogens is 1. The summed E-state index contributed by atoms with van der Waals surface area (Å²) in [6.45, 7) is 1.31. The molecule has 0 heterocycles. The standard InChI is InChI=1S/C10H14FNO2/c1-13-4-5-14-7-8-6-9(11)2-3-10(8)12/h2-3,6H,4-5,7,12H2,1H3. The van der Waals surface area contributed by atoms with Crippen molar-refractivity contribution in [3.63, 3.8) is 0 Å². The van der Waals surface area contributed by atoms with Crippen LogP contribution in [0.25, 0.3) is 0 Å². The van der Waals surface area contributed by atoms with Crippen LogP contribution in [0.3, 0.4) is 0 Å². The lowest BCUT2D eigenvalue weighted by atomic mass is 10.2. The average molecular weight is 199 g/mol. The Morgan fingerprint density at radius 3 is 2.86 bits per heavy atom. The first-order valence-electron chi connectivity index (χ1n) is 4.34. The molecule has 2 N–H and O–H groups in total. The number of rotatable bonds is 5. The summed E-state index contributed by atoms with van der Waals surface area (Å²) in [6.07, 6.45) is 0. The fraction of sp³-hybridized carbons (Fsp3) is 0.400. The molecule has 1 aromatic rings. The van der Waals surface area contributed by atoms with E-state index in [1.54, 1.807) is 7.11 Å².